The molecule has 0 amide bonds. The van der Waals surface area contributed by atoms with Gasteiger partial charge < -0.3 is 15.1 Å². The summed E-state index contributed by atoms with van der Waals surface area (Å²) in [6.45, 7) is 9.98. The Bertz CT molecular complexity index is 300. The maximum absolute atomic E-state index is 4.88. The van der Waals surface area contributed by atoms with Crippen molar-refractivity contribution in [2.75, 3.05) is 39.8 Å². The summed E-state index contributed by atoms with van der Waals surface area (Å²) in [5, 5.41) is 3.46. The third-order valence-corrected chi connectivity index (χ3v) is 4.54. The maximum atomic E-state index is 4.88. The molecule has 2 aliphatic heterocycles. The van der Waals surface area contributed by atoms with E-state index >= 15 is 0 Å². The van der Waals surface area contributed by atoms with Gasteiger partial charge in [-0.1, -0.05) is 6.92 Å². The van der Waals surface area contributed by atoms with Gasteiger partial charge in [0.15, 0.2) is 5.96 Å². The lowest BCUT2D eigenvalue weighted by atomic mass is 10.00. The monoisotopic (exact) mass is 394 g/mol. The number of hydrogen-bond donors (Lipinski definition) is 1. The summed E-state index contributed by atoms with van der Waals surface area (Å²) < 4.78 is 0. The van der Waals surface area contributed by atoms with Crippen LogP contribution < -0.4 is 5.32 Å². The Morgan fingerprint density at radius 3 is 2.45 bits per heavy atom. The van der Waals surface area contributed by atoms with E-state index in [-0.39, 0.29) is 24.0 Å². The number of guanidine groups is 1. The molecular formula is C15H31IN4. The molecule has 2 fully saturated rings. The lowest BCUT2D eigenvalue weighted by Crippen LogP contribution is -2.46. The summed E-state index contributed by atoms with van der Waals surface area (Å²) in [5.41, 5.74) is 0. The molecule has 1 atom stereocenters. The van der Waals surface area contributed by atoms with E-state index < -0.39 is 0 Å². The Kier molecular flexibility index (Phi) is 8.17. The van der Waals surface area contributed by atoms with Crippen LogP contribution in [0.3, 0.4) is 0 Å². The molecule has 2 rings (SSSR count). The van der Waals surface area contributed by atoms with Gasteiger partial charge in [0.25, 0.3) is 0 Å². The van der Waals surface area contributed by atoms with Crippen molar-refractivity contribution < 1.29 is 0 Å². The number of likely N-dealkylation sites (tertiary alicyclic amines) is 2. The molecule has 118 valence electrons. The van der Waals surface area contributed by atoms with Crippen molar-refractivity contribution in [2.45, 2.75) is 45.6 Å². The zero-order valence-electron chi connectivity index (χ0n) is 13.3. The number of piperidine rings is 1. The summed E-state index contributed by atoms with van der Waals surface area (Å²) in [4.78, 5) is 9.78. The molecule has 0 radical (unpaired) electrons. The standard InChI is InChI=1S/C15H30N4.HI/c1-4-16-15(19-10-7-13(2)8-11-19)17-12-14-6-5-9-18(14)3;/h13-14H,4-12H2,1-3H3,(H,16,17);1H. The molecule has 2 aliphatic rings. The number of aliphatic imine (C=N–C) groups is 1. The van der Waals surface area contributed by atoms with Crippen LogP contribution in [0.5, 0.6) is 0 Å². The van der Waals surface area contributed by atoms with Crippen molar-refractivity contribution in [3.63, 3.8) is 0 Å². The summed E-state index contributed by atoms with van der Waals surface area (Å²) in [7, 11) is 2.22. The SMILES string of the molecule is CCNC(=NCC1CCCN1C)N1CCC(C)CC1.I. The zero-order chi connectivity index (χ0) is 13.7. The second-order valence-electron chi connectivity index (χ2n) is 6.14. The van der Waals surface area contributed by atoms with E-state index in [1.807, 2.05) is 0 Å². The van der Waals surface area contributed by atoms with Gasteiger partial charge in [0, 0.05) is 25.7 Å². The second-order valence-corrected chi connectivity index (χ2v) is 6.14. The van der Waals surface area contributed by atoms with Gasteiger partial charge in [-0.3, -0.25) is 4.99 Å². The molecule has 0 bridgehead atoms. The van der Waals surface area contributed by atoms with Crippen LogP contribution in [0, 0.1) is 5.92 Å². The molecule has 0 aromatic heterocycles. The van der Waals surface area contributed by atoms with Crippen LogP contribution >= 0.6 is 24.0 Å². The van der Waals surface area contributed by atoms with E-state index in [1.54, 1.807) is 0 Å². The average molecular weight is 394 g/mol. The van der Waals surface area contributed by atoms with Gasteiger partial charge >= 0.3 is 0 Å². The summed E-state index contributed by atoms with van der Waals surface area (Å²) in [6.07, 6.45) is 5.23. The van der Waals surface area contributed by atoms with Crippen LogP contribution in [0.25, 0.3) is 0 Å². The largest absolute Gasteiger partial charge is 0.357 e. The molecule has 2 heterocycles. The highest BCUT2D eigenvalue weighted by Gasteiger charge is 2.22. The fourth-order valence-corrected chi connectivity index (χ4v) is 3.05. The van der Waals surface area contributed by atoms with Crippen LogP contribution in [0.15, 0.2) is 4.99 Å². The van der Waals surface area contributed by atoms with Crippen LogP contribution in [0.1, 0.15) is 39.5 Å². The number of nitrogens with one attached hydrogen (secondary N) is 1. The quantitative estimate of drug-likeness (QED) is 0.453. The number of halogens is 1. The molecule has 0 aromatic carbocycles. The van der Waals surface area contributed by atoms with Crippen LogP contribution in [-0.4, -0.2) is 61.6 Å². The van der Waals surface area contributed by atoms with Gasteiger partial charge in [0.1, 0.15) is 0 Å². The maximum Gasteiger partial charge on any atom is 0.193 e. The molecule has 0 aromatic rings. The Balaban J connectivity index is 0.00000200. The Labute approximate surface area is 141 Å². The minimum atomic E-state index is 0. The van der Waals surface area contributed by atoms with E-state index in [4.69, 9.17) is 4.99 Å². The third kappa shape index (κ3) is 5.06. The van der Waals surface area contributed by atoms with Crippen molar-refractivity contribution in [2.24, 2.45) is 10.9 Å². The molecule has 2 saturated heterocycles. The molecule has 5 heteroatoms. The first kappa shape index (κ1) is 18.0. The highest BCUT2D eigenvalue weighted by Crippen LogP contribution is 2.17. The smallest absolute Gasteiger partial charge is 0.193 e. The molecular weight excluding hydrogens is 363 g/mol. The van der Waals surface area contributed by atoms with E-state index in [9.17, 15) is 0 Å². The number of nitrogens with zero attached hydrogens (tertiary/aromatic N) is 3. The van der Waals surface area contributed by atoms with Crippen molar-refractivity contribution in [1.29, 1.82) is 0 Å². The Hall–Kier alpha value is -0.0400. The topological polar surface area (TPSA) is 30.9 Å². The van der Waals surface area contributed by atoms with Crippen LogP contribution in [0.4, 0.5) is 0 Å². The molecule has 20 heavy (non-hydrogen) atoms. The number of likely N-dealkylation sites (N-methyl/N-ethyl adjacent to an activating group) is 1. The molecule has 4 nitrogen and oxygen atoms in total. The van der Waals surface area contributed by atoms with Gasteiger partial charge in [0.2, 0.25) is 0 Å². The van der Waals surface area contributed by atoms with Crippen molar-refractivity contribution in [1.82, 2.24) is 15.1 Å². The summed E-state index contributed by atoms with van der Waals surface area (Å²) >= 11 is 0. The predicted molar refractivity (Wildman–Crippen MR) is 97.0 cm³/mol. The first-order valence-corrected chi connectivity index (χ1v) is 7.94. The minimum Gasteiger partial charge on any atom is -0.357 e. The van der Waals surface area contributed by atoms with E-state index in [0.29, 0.717) is 6.04 Å². The summed E-state index contributed by atoms with van der Waals surface area (Å²) in [6, 6.07) is 0.650. The van der Waals surface area contributed by atoms with Gasteiger partial charge in [-0.05, 0) is 52.1 Å². The highest BCUT2D eigenvalue weighted by atomic mass is 127. The lowest BCUT2D eigenvalue weighted by molar-refractivity contribution is 0.271. The second kappa shape index (κ2) is 9.07. The summed E-state index contributed by atoms with van der Waals surface area (Å²) in [5.74, 6) is 2.01. The minimum absolute atomic E-state index is 0. The Morgan fingerprint density at radius 1 is 1.20 bits per heavy atom. The highest BCUT2D eigenvalue weighted by molar-refractivity contribution is 14.0. The molecule has 0 aliphatic carbocycles. The van der Waals surface area contributed by atoms with Gasteiger partial charge in [-0.2, -0.15) is 0 Å². The van der Waals surface area contributed by atoms with Crippen LogP contribution in [0.2, 0.25) is 0 Å². The number of rotatable bonds is 3. The average Bonchev–Trinajstić information content (AvgIpc) is 2.81. The van der Waals surface area contributed by atoms with Crippen molar-refractivity contribution >= 4 is 29.9 Å². The lowest BCUT2D eigenvalue weighted by Gasteiger charge is -2.33. The number of hydrogen-bond acceptors (Lipinski definition) is 2. The fourth-order valence-electron chi connectivity index (χ4n) is 3.05. The van der Waals surface area contributed by atoms with E-state index in [0.717, 1.165) is 38.1 Å². The van der Waals surface area contributed by atoms with Crippen LogP contribution in [-0.2, 0) is 0 Å². The molecule has 1 N–H and O–H groups in total. The predicted octanol–water partition coefficient (Wildman–Crippen LogP) is 2.40. The zero-order valence-corrected chi connectivity index (χ0v) is 15.6. The van der Waals surface area contributed by atoms with E-state index in [1.165, 1.54) is 32.2 Å². The van der Waals surface area contributed by atoms with Crippen molar-refractivity contribution in [3.05, 3.63) is 0 Å². The molecule has 0 spiro atoms. The normalized spacial score (nSPS) is 25.6. The molecule has 1 unspecified atom stereocenters. The van der Waals surface area contributed by atoms with Gasteiger partial charge in [0.05, 0.1) is 6.54 Å². The first-order chi connectivity index (χ1) is 9.20. The third-order valence-electron chi connectivity index (χ3n) is 4.54. The molecule has 0 saturated carbocycles. The van der Waals surface area contributed by atoms with E-state index in [2.05, 4.69) is 36.0 Å². The van der Waals surface area contributed by atoms with Crippen molar-refractivity contribution in [3.8, 4) is 0 Å². The fraction of sp³-hybridized carbons (Fsp3) is 0.933. The van der Waals surface area contributed by atoms with Gasteiger partial charge in [-0.15, -0.1) is 24.0 Å². The van der Waals surface area contributed by atoms with Gasteiger partial charge in [-0.25, -0.2) is 0 Å². The Morgan fingerprint density at radius 2 is 1.90 bits per heavy atom. The first-order valence-electron chi connectivity index (χ1n) is 7.94.